The Morgan fingerprint density at radius 3 is 2.42 bits per heavy atom. The Morgan fingerprint density at radius 1 is 1.16 bits per heavy atom. The number of hydrogen-bond acceptors (Lipinski definition) is 3. The van der Waals surface area contributed by atoms with E-state index in [0.717, 1.165) is 27.9 Å². The highest BCUT2D eigenvalue weighted by Gasteiger charge is 2.10. The average Bonchev–Trinajstić information content (AvgIpc) is 2.43. The Bertz CT molecular complexity index is 572. The molecule has 0 aliphatic heterocycles. The Morgan fingerprint density at radius 2 is 1.84 bits per heavy atom. The van der Waals surface area contributed by atoms with E-state index < -0.39 is 0 Å². The van der Waals surface area contributed by atoms with E-state index in [-0.39, 0.29) is 0 Å². The van der Waals surface area contributed by atoms with Crippen LogP contribution in [0.15, 0.2) is 33.6 Å². The van der Waals surface area contributed by atoms with Gasteiger partial charge in [-0.05, 0) is 40.2 Å². The van der Waals surface area contributed by atoms with E-state index in [4.69, 9.17) is 11.6 Å². The molecule has 0 unspecified atom stereocenters. The quantitative estimate of drug-likeness (QED) is 0.553. The fourth-order valence-corrected chi connectivity index (χ4v) is 3.00. The first-order chi connectivity index (χ1) is 9.15. The summed E-state index contributed by atoms with van der Waals surface area (Å²) in [4.78, 5) is 10.1. The van der Waals surface area contributed by atoms with Crippen molar-refractivity contribution >= 4 is 39.3 Å². The molecule has 1 aromatic carbocycles. The van der Waals surface area contributed by atoms with Gasteiger partial charge >= 0.3 is 0 Å². The Labute approximate surface area is 131 Å². The molecule has 0 radical (unpaired) electrons. The van der Waals surface area contributed by atoms with Crippen LogP contribution >= 0.6 is 39.3 Å². The zero-order valence-corrected chi connectivity index (χ0v) is 13.9. The van der Waals surface area contributed by atoms with Gasteiger partial charge in [-0.15, -0.1) is 11.8 Å². The molecule has 0 aliphatic rings. The summed E-state index contributed by atoms with van der Waals surface area (Å²) < 4.78 is 0.790. The van der Waals surface area contributed by atoms with Gasteiger partial charge in [-0.1, -0.05) is 37.6 Å². The first-order valence-corrected chi connectivity index (χ1v) is 8.26. The summed E-state index contributed by atoms with van der Waals surface area (Å²) in [6.07, 6.45) is 0.819. The van der Waals surface area contributed by atoms with Crippen LogP contribution < -0.4 is 0 Å². The molecule has 2 rings (SSSR count). The highest BCUT2D eigenvalue weighted by molar-refractivity contribution is 9.10. The van der Waals surface area contributed by atoms with Crippen molar-refractivity contribution in [1.82, 2.24) is 9.97 Å². The van der Waals surface area contributed by atoms with Crippen LogP contribution in [0.5, 0.6) is 0 Å². The maximum absolute atomic E-state index is 6.13. The van der Waals surface area contributed by atoms with Crippen molar-refractivity contribution in [2.45, 2.75) is 25.2 Å². The number of halogens is 2. The predicted octanol–water partition coefficient (Wildman–Crippen LogP) is 5.23. The molecule has 5 heteroatoms. The monoisotopic (exact) mass is 356 g/mol. The van der Waals surface area contributed by atoms with Crippen LogP contribution in [0, 0.1) is 0 Å². The summed E-state index contributed by atoms with van der Waals surface area (Å²) in [5.41, 5.74) is 1.92. The topological polar surface area (TPSA) is 25.8 Å². The van der Waals surface area contributed by atoms with Crippen LogP contribution in [0.3, 0.4) is 0 Å². The standard InChI is InChI=1S/C14H14BrClN2S/c1-3-11-12(15)13(16)18-14(17-11)9-5-7-10(8-6-9)19-4-2/h5-8H,3-4H2,1-2H3. The summed E-state index contributed by atoms with van der Waals surface area (Å²) in [5, 5.41) is 0.467. The normalized spacial score (nSPS) is 10.7. The molecule has 2 nitrogen and oxygen atoms in total. The summed E-state index contributed by atoms with van der Waals surface area (Å²) in [6, 6.07) is 8.26. The second kappa shape index (κ2) is 6.73. The molecule has 0 N–H and O–H groups in total. The van der Waals surface area contributed by atoms with E-state index >= 15 is 0 Å². The largest absolute Gasteiger partial charge is 0.232 e. The zero-order valence-electron chi connectivity index (χ0n) is 10.8. The minimum Gasteiger partial charge on any atom is -0.232 e. The van der Waals surface area contributed by atoms with Crippen LogP contribution in [0.1, 0.15) is 19.5 Å². The van der Waals surface area contributed by atoms with Crippen molar-refractivity contribution in [3.05, 3.63) is 39.6 Å². The Kier molecular flexibility index (Phi) is 5.25. The van der Waals surface area contributed by atoms with Crippen LogP contribution in [-0.2, 0) is 6.42 Å². The Balaban J connectivity index is 2.38. The van der Waals surface area contributed by atoms with E-state index in [2.05, 4.69) is 45.0 Å². The third-order valence-electron chi connectivity index (χ3n) is 2.64. The van der Waals surface area contributed by atoms with E-state index in [1.807, 2.05) is 30.8 Å². The van der Waals surface area contributed by atoms with Gasteiger partial charge in [0.1, 0.15) is 5.15 Å². The van der Waals surface area contributed by atoms with Crippen molar-refractivity contribution in [3.63, 3.8) is 0 Å². The van der Waals surface area contributed by atoms with Gasteiger partial charge in [0.05, 0.1) is 10.2 Å². The number of nitrogens with zero attached hydrogens (tertiary/aromatic N) is 2. The minimum absolute atomic E-state index is 0.467. The maximum atomic E-state index is 6.13. The lowest BCUT2D eigenvalue weighted by Gasteiger charge is -2.07. The predicted molar refractivity (Wildman–Crippen MR) is 86.0 cm³/mol. The summed E-state index contributed by atoms with van der Waals surface area (Å²) in [6.45, 7) is 4.19. The molecular weight excluding hydrogens is 344 g/mol. The van der Waals surface area contributed by atoms with E-state index in [1.54, 1.807) is 0 Å². The maximum Gasteiger partial charge on any atom is 0.161 e. The van der Waals surface area contributed by atoms with Crippen molar-refractivity contribution in [1.29, 1.82) is 0 Å². The van der Waals surface area contributed by atoms with Crippen LogP contribution in [0.2, 0.25) is 5.15 Å². The number of hydrogen-bond donors (Lipinski definition) is 0. The van der Waals surface area contributed by atoms with Gasteiger partial charge < -0.3 is 0 Å². The van der Waals surface area contributed by atoms with Crippen molar-refractivity contribution in [2.75, 3.05) is 5.75 Å². The zero-order chi connectivity index (χ0) is 13.8. The fourth-order valence-electron chi connectivity index (χ4n) is 1.69. The molecule has 0 spiro atoms. The van der Waals surface area contributed by atoms with Gasteiger partial charge in [-0.25, -0.2) is 9.97 Å². The molecule has 2 aromatic rings. The number of aromatic nitrogens is 2. The first-order valence-electron chi connectivity index (χ1n) is 6.10. The van der Waals surface area contributed by atoms with Crippen LogP contribution in [0.25, 0.3) is 11.4 Å². The lowest BCUT2D eigenvalue weighted by atomic mass is 10.2. The summed E-state index contributed by atoms with van der Waals surface area (Å²) >= 11 is 11.4. The highest BCUT2D eigenvalue weighted by atomic mass is 79.9. The first kappa shape index (κ1) is 14.8. The van der Waals surface area contributed by atoms with Gasteiger partial charge in [0.25, 0.3) is 0 Å². The van der Waals surface area contributed by atoms with Crippen LogP contribution in [-0.4, -0.2) is 15.7 Å². The number of thioether (sulfide) groups is 1. The highest BCUT2D eigenvalue weighted by Crippen LogP contribution is 2.28. The lowest BCUT2D eigenvalue weighted by molar-refractivity contribution is 0.990. The fraction of sp³-hybridized carbons (Fsp3) is 0.286. The third-order valence-corrected chi connectivity index (χ3v) is 4.87. The van der Waals surface area contributed by atoms with Gasteiger partial charge in [0, 0.05) is 10.5 Å². The van der Waals surface area contributed by atoms with Crippen molar-refractivity contribution < 1.29 is 0 Å². The molecule has 0 fully saturated rings. The lowest BCUT2D eigenvalue weighted by Crippen LogP contribution is -1.97. The molecular formula is C14H14BrClN2S. The van der Waals surface area contributed by atoms with Gasteiger partial charge in [-0.2, -0.15) is 0 Å². The third kappa shape index (κ3) is 3.50. The van der Waals surface area contributed by atoms with E-state index in [9.17, 15) is 0 Å². The van der Waals surface area contributed by atoms with Crippen molar-refractivity contribution in [2.24, 2.45) is 0 Å². The number of benzene rings is 1. The molecule has 1 heterocycles. The number of aryl methyl sites for hydroxylation is 1. The van der Waals surface area contributed by atoms with Gasteiger partial charge in [-0.3, -0.25) is 0 Å². The second-order valence-corrected chi connectivity index (χ2v) is 6.40. The minimum atomic E-state index is 0.467. The van der Waals surface area contributed by atoms with Crippen molar-refractivity contribution in [3.8, 4) is 11.4 Å². The number of rotatable bonds is 4. The SMILES string of the molecule is CCSc1ccc(-c2nc(Cl)c(Br)c(CC)n2)cc1. The second-order valence-electron chi connectivity index (χ2n) is 3.91. The molecule has 19 heavy (non-hydrogen) atoms. The molecule has 0 bridgehead atoms. The molecule has 100 valence electrons. The smallest absolute Gasteiger partial charge is 0.161 e. The van der Waals surface area contributed by atoms with Gasteiger partial charge in [0.2, 0.25) is 0 Å². The van der Waals surface area contributed by atoms with E-state index in [0.29, 0.717) is 11.0 Å². The molecule has 0 amide bonds. The molecule has 0 saturated carbocycles. The molecule has 1 aromatic heterocycles. The summed E-state index contributed by atoms with van der Waals surface area (Å²) in [7, 11) is 0. The van der Waals surface area contributed by atoms with Gasteiger partial charge in [0.15, 0.2) is 5.82 Å². The molecule has 0 saturated heterocycles. The average molecular weight is 358 g/mol. The van der Waals surface area contributed by atoms with Crippen LogP contribution in [0.4, 0.5) is 0 Å². The molecule has 0 atom stereocenters. The summed E-state index contributed by atoms with van der Waals surface area (Å²) in [5.74, 6) is 1.75. The Hall–Kier alpha value is -0.580. The van der Waals surface area contributed by atoms with E-state index in [1.165, 1.54) is 4.90 Å². The molecule has 0 aliphatic carbocycles.